The van der Waals surface area contributed by atoms with Crippen LogP contribution in [-0.2, 0) is 14.0 Å². The van der Waals surface area contributed by atoms with Gasteiger partial charge in [0.1, 0.15) is 0 Å². The first-order valence-electron chi connectivity index (χ1n) is 11.5. The lowest BCUT2D eigenvalue weighted by molar-refractivity contribution is -0.118. The number of carbonyl (C=O) groups excluding carboxylic acids is 1. The lowest BCUT2D eigenvalue weighted by Gasteiger charge is -2.40. The van der Waals surface area contributed by atoms with Crippen LogP contribution < -0.4 is 10.9 Å². The first-order valence-corrected chi connectivity index (χ1v) is 14.4. The fourth-order valence-corrected chi connectivity index (χ4v) is 5.72. The lowest BCUT2D eigenvalue weighted by atomic mass is 10.2. The number of rotatable bonds is 6. The molecule has 3 heterocycles. The molecule has 0 bridgehead atoms. The number of fused-ring (bicyclic) bond motifs is 2. The fourth-order valence-electron chi connectivity index (χ4n) is 4.43. The molecule has 11 heteroatoms. The molecule has 33 heavy (non-hydrogen) atoms. The number of ether oxygens (including phenoxy) is 1. The average Bonchev–Trinajstić information content (AvgIpc) is 2.95. The van der Waals surface area contributed by atoms with Crippen molar-refractivity contribution in [1.29, 1.82) is 0 Å². The Labute approximate surface area is 194 Å². The third-order valence-corrected chi connectivity index (χ3v) is 12.1. The minimum Gasteiger partial charge on any atom is -0.409 e. The van der Waals surface area contributed by atoms with Crippen molar-refractivity contribution < 1.29 is 19.1 Å². The molecule has 1 saturated heterocycles. The van der Waals surface area contributed by atoms with Crippen molar-refractivity contribution >= 4 is 31.3 Å². The Balaban J connectivity index is 1.75. The number of anilines is 1. The number of amides is 1. The number of aliphatic hydroxyl groups is 1. The van der Waals surface area contributed by atoms with Crippen molar-refractivity contribution in [2.75, 3.05) is 11.9 Å². The van der Waals surface area contributed by atoms with E-state index >= 15 is 0 Å². The predicted octanol–water partition coefficient (Wildman–Crippen LogP) is 2.63. The highest BCUT2D eigenvalue weighted by Crippen LogP contribution is 2.65. The molecule has 0 radical (unpaired) electrons. The smallest absolute Gasteiger partial charge is 0.280 e. The standard InChI is InChI=1S/C22H35N5O5Si/c1-11(2)17(29)25-20-24-16-14(18(30)26-20)23-10-27(16)19-15(32-33(7,8)21(3,4)5)13-12(9-28)22(13,6)31-19/h10-13,15,19,28H,9H2,1-8H3,(H2,24,25,26,29,30)/t12-,13?,15?,19-,22?/m1/s1. The molecule has 2 aliphatic rings. The second-order valence-corrected chi connectivity index (χ2v) is 16.0. The van der Waals surface area contributed by atoms with Crippen LogP contribution in [0.15, 0.2) is 11.1 Å². The summed E-state index contributed by atoms with van der Waals surface area (Å²) in [7, 11) is -2.18. The van der Waals surface area contributed by atoms with Crippen molar-refractivity contribution in [2.24, 2.45) is 17.8 Å². The monoisotopic (exact) mass is 477 g/mol. The first-order chi connectivity index (χ1) is 15.2. The van der Waals surface area contributed by atoms with Gasteiger partial charge in [0.2, 0.25) is 11.9 Å². The highest BCUT2D eigenvalue weighted by Gasteiger charge is 2.74. The van der Waals surface area contributed by atoms with E-state index in [4.69, 9.17) is 9.16 Å². The number of aromatic amines is 1. The maximum atomic E-state index is 12.6. The van der Waals surface area contributed by atoms with Gasteiger partial charge in [0, 0.05) is 24.4 Å². The summed E-state index contributed by atoms with van der Waals surface area (Å²) in [5.74, 6) is -0.424. The maximum absolute atomic E-state index is 12.6. The van der Waals surface area contributed by atoms with E-state index in [1.807, 2.05) is 6.92 Å². The summed E-state index contributed by atoms with van der Waals surface area (Å²) < 4.78 is 15.0. The van der Waals surface area contributed by atoms with Gasteiger partial charge >= 0.3 is 0 Å². The molecule has 5 atom stereocenters. The number of aromatic nitrogens is 4. The molecule has 1 amide bonds. The van der Waals surface area contributed by atoms with Crippen molar-refractivity contribution in [1.82, 2.24) is 19.5 Å². The predicted molar refractivity (Wildman–Crippen MR) is 126 cm³/mol. The zero-order chi connectivity index (χ0) is 24.5. The Morgan fingerprint density at radius 2 is 2.09 bits per heavy atom. The Morgan fingerprint density at radius 1 is 1.42 bits per heavy atom. The van der Waals surface area contributed by atoms with Gasteiger partial charge in [0.05, 0.1) is 18.0 Å². The Kier molecular flexibility index (Phi) is 5.63. The summed E-state index contributed by atoms with van der Waals surface area (Å²) >= 11 is 0. The quantitative estimate of drug-likeness (QED) is 0.545. The van der Waals surface area contributed by atoms with E-state index in [1.54, 1.807) is 18.4 Å². The van der Waals surface area contributed by atoms with Gasteiger partial charge in [0.15, 0.2) is 25.7 Å². The molecule has 0 aromatic carbocycles. The van der Waals surface area contributed by atoms with Gasteiger partial charge in [-0.15, -0.1) is 0 Å². The number of H-pyrrole nitrogens is 1. The van der Waals surface area contributed by atoms with Crippen molar-refractivity contribution in [3.63, 3.8) is 0 Å². The van der Waals surface area contributed by atoms with Crippen LogP contribution in [0, 0.1) is 17.8 Å². The van der Waals surface area contributed by atoms with Gasteiger partial charge in [-0.25, -0.2) is 4.98 Å². The number of imidazole rings is 1. The van der Waals surface area contributed by atoms with E-state index < -0.39 is 25.7 Å². The van der Waals surface area contributed by atoms with E-state index in [0.717, 1.165) is 0 Å². The molecule has 182 valence electrons. The molecular weight excluding hydrogens is 442 g/mol. The number of carbonyl (C=O) groups is 1. The largest absolute Gasteiger partial charge is 0.409 e. The zero-order valence-corrected chi connectivity index (χ0v) is 21.6. The summed E-state index contributed by atoms with van der Waals surface area (Å²) in [5, 5.41) is 12.5. The van der Waals surface area contributed by atoms with Crippen LogP contribution in [0.25, 0.3) is 11.2 Å². The molecule has 2 fully saturated rings. The molecule has 2 aromatic rings. The second-order valence-electron chi connectivity index (χ2n) is 11.2. The number of hydrogen-bond donors (Lipinski definition) is 3. The summed E-state index contributed by atoms with van der Waals surface area (Å²) in [6.45, 7) is 16.4. The van der Waals surface area contributed by atoms with Crippen molar-refractivity contribution in [2.45, 2.75) is 77.6 Å². The van der Waals surface area contributed by atoms with Gasteiger partial charge in [0.25, 0.3) is 5.56 Å². The van der Waals surface area contributed by atoms with Crippen LogP contribution in [0.2, 0.25) is 18.1 Å². The summed E-state index contributed by atoms with van der Waals surface area (Å²) in [6.07, 6.45) is 0.667. The molecule has 1 aliphatic heterocycles. The summed E-state index contributed by atoms with van der Waals surface area (Å²) in [6, 6.07) is 0. The van der Waals surface area contributed by atoms with Gasteiger partial charge in [-0.1, -0.05) is 34.6 Å². The third kappa shape index (κ3) is 3.84. The van der Waals surface area contributed by atoms with E-state index in [2.05, 4.69) is 54.1 Å². The molecule has 10 nitrogen and oxygen atoms in total. The molecule has 1 saturated carbocycles. The lowest BCUT2D eigenvalue weighted by Crippen LogP contribution is -2.46. The average molecular weight is 478 g/mol. The second kappa shape index (κ2) is 7.72. The zero-order valence-electron chi connectivity index (χ0n) is 20.6. The van der Waals surface area contributed by atoms with Gasteiger partial charge < -0.3 is 14.3 Å². The molecule has 2 aromatic heterocycles. The minimum absolute atomic E-state index is 0.00411. The number of nitrogens with one attached hydrogen (secondary N) is 2. The molecule has 0 spiro atoms. The third-order valence-electron chi connectivity index (χ3n) is 7.64. The highest BCUT2D eigenvalue weighted by atomic mass is 28.4. The summed E-state index contributed by atoms with van der Waals surface area (Å²) in [5.41, 5.74) is -0.477. The van der Waals surface area contributed by atoms with E-state index in [9.17, 15) is 14.7 Å². The van der Waals surface area contributed by atoms with Gasteiger partial charge in [-0.3, -0.25) is 24.5 Å². The van der Waals surface area contributed by atoms with E-state index in [0.29, 0.717) is 5.65 Å². The number of nitrogens with zero attached hydrogens (tertiary/aromatic N) is 3. The van der Waals surface area contributed by atoms with Crippen LogP contribution in [0.3, 0.4) is 0 Å². The maximum Gasteiger partial charge on any atom is 0.280 e. The van der Waals surface area contributed by atoms with Crippen LogP contribution in [0.1, 0.15) is 47.8 Å². The van der Waals surface area contributed by atoms with Crippen LogP contribution in [-0.4, -0.2) is 57.2 Å². The van der Waals surface area contributed by atoms with E-state index in [-0.39, 0.29) is 52.9 Å². The summed E-state index contributed by atoms with van der Waals surface area (Å²) in [4.78, 5) is 36.1. The normalized spacial score (nSPS) is 29.5. The fraction of sp³-hybridized carbons (Fsp3) is 0.727. The van der Waals surface area contributed by atoms with Gasteiger partial charge in [-0.2, -0.15) is 4.98 Å². The van der Waals surface area contributed by atoms with Gasteiger partial charge in [-0.05, 0) is 25.1 Å². The van der Waals surface area contributed by atoms with Crippen LogP contribution >= 0.6 is 0 Å². The topological polar surface area (TPSA) is 131 Å². The van der Waals surface area contributed by atoms with Crippen molar-refractivity contribution in [3.05, 3.63) is 16.7 Å². The highest BCUT2D eigenvalue weighted by molar-refractivity contribution is 6.74. The molecule has 3 N–H and O–H groups in total. The minimum atomic E-state index is -2.18. The number of hydrogen-bond acceptors (Lipinski definition) is 7. The Bertz CT molecular complexity index is 1140. The van der Waals surface area contributed by atoms with E-state index in [1.165, 1.54) is 6.33 Å². The molecular formula is C22H35N5O5Si. The van der Waals surface area contributed by atoms with Crippen LogP contribution in [0.4, 0.5) is 5.95 Å². The Hall–Kier alpha value is -2.08. The van der Waals surface area contributed by atoms with Crippen molar-refractivity contribution in [3.8, 4) is 0 Å². The molecule has 3 unspecified atom stereocenters. The number of aliphatic hydroxyl groups excluding tert-OH is 1. The SMILES string of the molecule is CC(C)C(=O)Nc1nc2c(ncn2[C@@H]2OC3(C)C(C2O[Si](C)(C)C(C)(C)C)[C@H]3CO)c(=O)[nH]1. The molecule has 1 aliphatic carbocycles. The Morgan fingerprint density at radius 3 is 2.67 bits per heavy atom. The molecule has 4 rings (SSSR count). The first kappa shape index (κ1) is 24.1. The van der Waals surface area contributed by atoms with Crippen LogP contribution in [0.5, 0.6) is 0 Å².